The molecule has 0 spiro atoms. The standard InChI is InChI=1S/C19H27NO3/c1-19(2,12-14-6-4-3-5-7-14)13-20-17(21)15-8-10-16(11-9-15)18(22)23/h3-7,15-16H,8-13H2,1-2H3,(H,20,21)(H,22,23). The number of hydrogen-bond donors (Lipinski definition) is 2. The van der Waals surface area contributed by atoms with Gasteiger partial charge in [0, 0.05) is 12.5 Å². The number of carbonyl (C=O) groups excluding carboxylic acids is 1. The second-order valence-electron chi connectivity index (χ2n) is 7.43. The summed E-state index contributed by atoms with van der Waals surface area (Å²) in [6.45, 7) is 4.95. The third-order valence-corrected chi connectivity index (χ3v) is 4.71. The number of aliphatic carboxylic acids is 1. The molecule has 1 aliphatic rings. The van der Waals surface area contributed by atoms with Gasteiger partial charge in [-0.05, 0) is 43.1 Å². The molecule has 0 aliphatic heterocycles. The average Bonchev–Trinajstić information content (AvgIpc) is 2.53. The molecular weight excluding hydrogens is 290 g/mol. The molecule has 0 atom stereocenters. The second kappa shape index (κ2) is 7.62. The number of nitrogens with one attached hydrogen (secondary N) is 1. The van der Waals surface area contributed by atoms with Crippen molar-refractivity contribution in [2.75, 3.05) is 6.54 Å². The Balaban J connectivity index is 1.78. The van der Waals surface area contributed by atoms with Gasteiger partial charge in [-0.2, -0.15) is 0 Å². The minimum Gasteiger partial charge on any atom is -0.481 e. The van der Waals surface area contributed by atoms with Crippen LogP contribution in [0.4, 0.5) is 0 Å². The molecular formula is C19H27NO3. The van der Waals surface area contributed by atoms with Gasteiger partial charge in [-0.15, -0.1) is 0 Å². The summed E-state index contributed by atoms with van der Waals surface area (Å²) in [6, 6.07) is 10.3. The highest BCUT2D eigenvalue weighted by Gasteiger charge is 2.30. The van der Waals surface area contributed by atoms with E-state index < -0.39 is 5.97 Å². The molecule has 1 fully saturated rings. The molecule has 1 saturated carbocycles. The van der Waals surface area contributed by atoms with Gasteiger partial charge in [-0.3, -0.25) is 9.59 Å². The smallest absolute Gasteiger partial charge is 0.306 e. The highest BCUT2D eigenvalue weighted by atomic mass is 16.4. The molecule has 0 heterocycles. The maximum atomic E-state index is 12.3. The molecule has 4 heteroatoms. The van der Waals surface area contributed by atoms with E-state index in [4.69, 9.17) is 5.11 Å². The first kappa shape index (κ1) is 17.5. The van der Waals surface area contributed by atoms with Crippen LogP contribution in [0.15, 0.2) is 30.3 Å². The summed E-state index contributed by atoms with van der Waals surface area (Å²) in [7, 11) is 0. The van der Waals surface area contributed by atoms with Gasteiger partial charge < -0.3 is 10.4 Å². The van der Waals surface area contributed by atoms with E-state index >= 15 is 0 Å². The van der Waals surface area contributed by atoms with Crippen molar-refractivity contribution in [1.29, 1.82) is 0 Å². The van der Waals surface area contributed by atoms with Crippen LogP contribution in [-0.2, 0) is 16.0 Å². The van der Waals surface area contributed by atoms with E-state index in [2.05, 4.69) is 31.3 Å². The average molecular weight is 317 g/mol. The first-order valence-electron chi connectivity index (χ1n) is 8.42. The van der Waals surface area contributed by atoms with E-state index in [9.17, 15) is 9.59 Å². The quantitative estimate of drug-likeness (QED) is 0.846. The van der Waals surface area contributed by atoms with E-state index in [1.165, 1.54) is 5.56 Å². The van der Waals surface area contributed by atoms with Crippen molar-refractivity contribution in [1.82, 2.24) is 5.32 Å². The van der Waals surface area contributed by atoms with Gasteiger partial charge in [0.25, 0.3) is 0 Å². The number of hydrogen-bond acceptors (Lipinski definition) is 2. The normalized spacial score (nSPS) is 21.7. The Bertz CT molecular complexity index is 531. The van der Waals surface area contributed by atoms with Crippen molar-refractivity contribution < 1.29 is 14.7 Å². The Kier molecular flexibility index (Phi) is 5.80. The molecule has 1 amide bonds. The zero-order chi connectivity index (χ0) is 16.9. The summed E-state index contributed by atoms with van der Waals surface area (Å²) in [5.41, 5.74) is 1.27. The van der Waals surface area contributed by atoms with Crippen LogP contribution >= 0.6 is 0 Å². The van der Waals surface area contributed by atoms with Crippen molar-refractivity contribution in [2.45, 2.75) is 46.0 Å². The topological polar surface area (TPSA) is 66.4 Å². The third kappa shape index (κ3) is 5.38. The number of amides is 1. The van der Waals surface area contributed by atoms with E-state index in [1.807, 2.05) is 18.2 Å². The molecule has 23 heavy (non-hydrogen) atoms. The third-order valence-electron chi connectivity index (χ3n) is 4.71. The fourth-order valence-electron chi connectivity index (χ4n) is 3.28. The predicted molar refractivity (Wildman–Crippen MR) is 90.0 cm³/mol. The molecule has 1 aliphatic carbocycles. The van der Waals surface area contributed by atoms with E-state index in [0.717, 1.165) is 6.42 Å². The Morgan fingerprint density at radius 3 is 2.22 bits per heavy atom. The van der Waals surface area contributed by atoms with Crippen molar-refractivity contribution in [2.24, 2.45) is 17.3 Å². The van der Waals surface area contributed by atoms with Gasteiger partial charge >= 0.3 is 5.97 Å². The van der Waals surface area contributed by atoms with Crippen LogP contribution in [0, 0.1) is 17.3 Å². The lowest BCUT2D eigenvalue weighted by molar-refractivity contribution is -0.144. The summed E-state index contributed by atoms with van der Waals surface area (Å²) < 4.78 is 0. The Morgan fingerprint density at radius 2 is 1.65 bits per heavy atom. The number of carboxylic acids is 1. The van der Waals surface area contributed by atoms with Crippen LogP contribution in [0.2, 0.25) is 0 Å². The molecule has 0 saturated heterocycles. The highest BCUT2D eigenvalue weighted by Crippen LogP contribution is 2.29. The molecule has 0 unspecified atom stereocenters. The van der Waals surface area contributed by atoms with E-state index in [1.54, 1.807) is 0 Å². The Labute approximate surface area is 138 Å². The molecule has 1 aromatic carbocycles. The van der Waals surface area contributed by atoms with Gasteiger partial charge in [0.2, 0.25) is 5.91 Å². The van der Waals surface area contributed by atoms with E-state index in [0.29, 0.717) is 32.2 Å². The fraction of sp³-hybridized carbons (Fsp3) is 0.579. The highest BCUT2D eigenvalue weighted by molar-refractivity contribution is 5.79. The largest absolute Gasteiger partial charge is 0.481 e. The lowest BCUT2D eigenvalue weighted by Gasteiger charge is -2.29. The van der Waals surface area contributed by atoms with Crippen LogP contribution < -0.4 is 5.32 Å². The molecule has 2 rings (SSSR count). The maximum Gasteiger partial charge on any atom is 0.306 e. The number of carboxylic acid groups (broad SMARTS) is 1. The first-order valence-corrected chi connectivity index (χ1v) is 8.42. The predicted octanol–water partition coefficient (Wildman–Crippen LogP) is 3.26. The zero-order valence-electron chi connectivity index (χ0n) is 14.0. The van der Waals surface area contributed by atoms with Crippen LogP contribution in [-0.4, -0.2) is 23.5 Å². The zero-order valence-corrected chi connectivity index (χ0v) is 14.0. The van der Waals surface area contributed by atoms with Crippen molar-refractivity contribution in [3.05, 3.63) is 35.9 Å². The maximum absolute atomic E-state index is 12.3. The SMILES string of the molecule is CC(C)(CNC(=O)C1CCC(C(=O)O)CC1)Cc1ccccc1. The Morgan fingerprint density at radius 1 is 1.09 bits per heavy atom. The van der Waals surface area contributed by atoms with Gasteiger partial charge in [0.05, 0.1) is 5.92 Å². The first-order chi connectivity index (χ1) is 10.9. The number of benzene rings is 1. The minimum atomic E-state index is -0.729. The minimum absolute atomic E-state index is 0.00468. The lowest BCUT2D eigenvalue weighted by atomic mass is 9.81. The molecule has 0 aromatic heterocycles. The number of carbonyl (C=O) groups is 2. The summed E-state index contributed by atoms with van der Waals surface area (Å²) in [6.07, 6.45) is 3.51. The Hall–Kier alpha value is -1.84. The van der Waals surface area contributed by atoms with Crippen LogP contribution in [0.3, 0.4) is 0 Å². The molecule has 1 aromatic rings. The van der Waals surface area contributed by atoms with Crippen LogP contribution in [0.25, 0.3) is 0 Å². The van der Waals surface area contributed by atoms with Gasteiger partial charge in [0.1, 0.15) is 0 Å². The summed E-state index contributed by atoms with van der Waals surface area (Å²) in [5.74, 6) is -0.950. The molecule has 0 radical (unpaired) electrons. The summed E-state index contributed by atoms with van der Waals surface area (Å²) in [5, 5.41) is 12.1. The molecule has 4 nitrogen and oxygen atoms in total. The van der Waals surface area contributed by atoms with Crippen molar-refractivity contribution in [3.8, 4) is 0 Å². The van der Waals surface area contributed by atoms with Crippen molar-refractivity contribution >= 4 is 11.9 Å². The fourth-order valence-corrected chi connectivity index (χ4v) is 3.28. The van der Waals surface area contributed by atoms with Gasteiger partial charge in [0.15, 0.2) is 0 Å². The van der Waals surface area contributed by atoms with Crippen LogP contribution in [0.5, 0.6) is 0 Å². The monoisotopic (exact) mass is 317 g/mol. The lowest BCUT2D eigenvalue weighted by Crippen LogP contribution is -2.40. The second-order valence-corrected chi connectivity index (χ2v) is 7.43. The molecule has 0 bridgehead atoms. The molecule has 2 N–H and O–H groups in total. The van der Waals surface area contributed by atoms with Crippen LogP contribution in [0.1, 0.15) is 45.1 Å². The van der Waals surface area contributed by atoms with Crippen molar-refractivity contribution in [3.63, 3.8) is 0 Å². The summed E-state index contributed by atoms with van der Waals surface area (Å²) >= 11 is 0. The van der Waals surface area contributed by atoms with Gasteiger partial charge in [-0.1, -0.05) is 44.2 Å². The molecule has 126 valence electrons. The summed E-state index contributed by atoms with van der Waals surface area (Å²) in [4.78, 5) is 23.3. The van der Waals surface area contributed by atoms with Gasteiger partial charge in [-0.25, -0.2) is 0 Å². The number of rotatable bonds is 6. The van der Waals surface area contributed by atoms with E-state index in [-0.39, 0.29) is 23.2 Å².